The molecule has 76 valence electrons. The van der Waals surface area contributed by atoms with Crippen LogP contribution in [0.15, 0.2) is 22.1 Å². The standard InChI is InChI=1S/C9H10ClIN2O/c1-6(3-10)5-13-7(2)12-4-8(11)9(13)14/h3-4H,5H2,1-2H3/b6-3-. The first-order chi connectivity index (χ1) is 6.56. The van der Waals surface area contributed by atoms with Gasteiger partial charge in [-0.05, 0) is 42.0 Å². The van der Waals surface area contributed by atoms with Crippen molar-refractivity contribution in [2.45, 2.75) is 20.4 Å². The number of hydrogen-bond donors (Lipinski definition) is 0. The SMILES string of the molecule is C/C(=C/Cl)Cn1c(C)ncc(I)c1=O. The molecule has 0 radical (unpaired) electrons. The summed E-state index contributed by atoms with van der Waals surface area (Å²) in [5.74, 6) is 0.702. The zero-order valence-corrected chi connectivity index (χ0v) is 10.8. The largest absolute Gasteiger partial charge is 0.292 e. The average molecular weight is 325 g/mol. The quantitative estimate of drug-likeness (QED) is 0.783. The molecule has 0 aliphatic carbocycles. The molecule has 1 rings (SSSR count). The maximum atomic E-state index is 11.7. The Hall–Kier alpha value is -0.360. The van der Waals surface area contributed by atoms with Crippen LogP contribution in [-0.2, 0) is 6.54 Å². The third kappa shape index (κ3) is 2.57. The molecule has 0 aromatic carbocycles. The van der Waals surface area contributed by atoms with Crippen molar-refractivity contribution < 1.29 is 0 Å². The van der Waals surface area contributed by atoms with Crippen molar-refractivity contribution in [3.8, 4) is 0 Å². The number of aromatic nitrogens is 2. The van der Waals surface area contributed by atoms with Crippen LogP contribution < -0.4 is 5.56 Å². The van der Waals surface area contributed by atoms with Gasteiger partial charge in [-0.15, -0.1) is 0 Å². The molecular formula is C9H10ClIN2O. The Morgan fingerprint density at radius 1 is 1.79 bits per heavy atom. The van der Waals surface area contributed by atoms with Crippen LogP contribution in [0.3, 0.4) is 0 Å². The summed E-state index contributed by atoms with van der Waals surface area (Å²) in [5.41, 5.74) is 2.39. The first kappa shape index (κ1) is 11.7. The van der Waals surface area contributed by atoms with Crippen molar-refractivity contribution in [2.24, 2.45) is 0 Å². The van der Waals surface area contributed by atoms with E-state index in [0.717, 1.165) is 5.57 Å². The van der Waals surface area contributed by atoms with Crippen LogP contribution in [0.25, 0.3) is 0 Å². The lowest BCUT2D eigenvalue weighted by molar-refractivity contribution is 0.686. The van der Waals surface area contributed by atoms with E-state index in [4.69, 9.17) is 11.6 Å². The second-order valence-corrected chi connectivity index (χ2v) is 4.38. The molecule has 0 amide bonds. The fourth-order valence-corrected chi connectivity index (χ4v) is 1.52. The summed E-state index contributed by atoms with van der Waals surface area (Å²) >= 11 is 7.52. The number of halogens is 2. The molecule has 14 heavy (non-hydrogen) atoms. The van der Waals surface area contributed by atoms with E-state index in [1.165, 1.54) is 5.54 Å². The fraction of sp³-hybridized carbons (Fsp3) is 0.333. The van der Waals surface area contributed by atoms with Crippen molar-refractivity contribution >= 4 is 34.2 Å². The van der Waals surface area contributed by atoms with Crippen LogP contribution in [-0.4, -0.2) is 9.55 Å². The normalized spacial score (nSPS) is 11.9. The number of hydrogen-bond acceptors (Lipinski definition) is 2. The monoisotopic (exact) mass is 324 g/mol. The summed E-state index contributed by atoms with van der Waals surface area (Å²) in [4.78, 5) is 15.8. The topological polar surface area (TPSA) is 34.9 Å². The Morgan fingerprint density at radius 2 is 2.43 bits per heavy atom. The van der Waals surface area contributed by atoms with E-state index in [-0.39, 0.29) is 5.56 Å². The molecule has 0 atom stereocenters. The Balaban J connectivity index is 3.20. The predicted molar refractivity (Wildman–Crippen MR) is 65.6 cm³/mol. The summed E-state index contributed by atoms with van der Waals surface area (Å²) in [6, 6.07) is 0. The molecule has 3 nitrogen and oxygen atoms in total. The van der Waals surface area contributed by atoms with Crippen molar-refractivity contribution in [1.82, 2.24) is 9.55 Å². The highest BCUT2D eigenvalue weighted by atomic mass is 127. The van der Waals surface area contributed by atoms with E-state index < -0.39 is 0 Å². The molecule has 0 aliphatic rings. The lowest BCUT2D eigenvalue weighted by atomic mass is 10.3. The molecule has 5 heteroatoms. The molecule has 0 fully saturated rings. The average Bonchev–Trinajstić information content (AvgIpc) is 2.18. The van der Waals surface area contributed by atoms with E-state index in [9.17, 15) is 4.79 Å². The van der Waals surface area contributed by atoms with Crippen LogP contribution in [0.5, 0.6) is 0 Å². The maximum Gasteiger partial charge on any atom is 0.267 e. The highest BCUT2D eigenvalue weighted by Crippen LogP contribution is 2.02. The van der Waals surface area contributed by atoms with Crippen molar-refractivity contribution in [2.75, 3.05) is 0 Å². The third-order valence-electron chi connectivity index (χ3n) is 1.80. The minimum absolute atomic E-state index is 0.0176. The molecule has 0 aliphatic heterocycles. The van der Waals surface area contributed by atoms with E-state index >= 15 is 0 Å². The number of allylic oxidation sites excluding steroid dienone is 1. The van der Waals surface area contributed by atoms with Crippen molar-refractivity contribution in [1.29, 1.82) is 0 Å². The Labute approximate surface area is 101 Å². The number of nitrogens with zero attached hydrogens (tertiary/aromatic N) is 2. The molecule has 1 aromatic rings. The predicted octanol–water partition coefficient (Wildman–Crippen LogP) is 2.30. The molecule has 0 unspecified atom stereocenters. The van der Waals surface area contributed by atoms with Gasteiger partial charge in [-0.2, -0.15) is 0 Å². The zero-order chi connectivity index (χ0) is 10.7. The summed E-state index contributed by atoms with van der Waals surface area (Å²) in [7, 11) is 0. The molecule has 0 saturated carbocycles. The van der Waals surface area contributed by atoms with E-state index in [2.05, 4.69) is 4.98 Å². The molecule has 0 bridgehead atoms. The Bertz CT molecular complexity index is 425. The van der Waals surface area contributed by atoms with E-state index in [1.54, 1.807) is 17.7 Å². The lowest BCUT2D eigenvalue weighted by Gasteiger charge is -2.08. The summed E-state index contributed by atoms with van der Waals surface area (Å²) in [5, 5.41) is 0. The molecule has 0 spiro atoms. The maximum absolute atomic E-state index is 11.7. The van der Waals surface area contributed by atoms with Gasteiger partial charge in [-0.3, -0.25) is 9.36 Å². The van der Waals surface area contributed by atoms with Crippen molar-refractivity contribution in [3.63, 3.8) is 0 Å². The zero-order valence-electron chi connectivity index (χ0n) is 7.92. The van der Waals surface area contributed by atoms with Gasteiger partial charge < -0.3 is 0 Å². The van der Waals surface area contributed by atoms with Gasteiger partial charge in [0.2, 0.25) is 0 Å². The van der Waals surface area contributed by atoms with Crippen LogP contribution in [0.1, 0.15) is 12.7 Å². The minimum atomic E-state index is -0.0176. The van der Waals surface area contributed by atoms with Gasteiger partial charge in [0.15, 0.2) is 0 Å². The Morgan fingerprint density at radius 3 is 3.00 bits per heavy atom. The van der Waals surface area contributed by atoms with Gasteiger partial charge in [0.05, 0.1) is 3.57 Å². The highest BCUT2D eigenvalue weighted by molar-refractivity contribution is 14.1. The molecular weight excluding hydrogens is 314 g/mol. The van der Waals surface area contributed by atoms with Gasteiger partial charge in [-0.1, -0.05) is 11.6 Å². The molecule has 1 heterocycles. The second-order valence-electron chi connectivity index (χ2n) is 3.00. The minimum Gasteiger partial charge on any atom is -0.292 e. The van der Waals surface area contributed by atoms with E-state index in [1.807, 2.05) is 29.5 Å². The van der Waals surface area contributed by atoms with Crippen molar-refractivity contribution in [3.05, 3.63) is 37.1 Å². The Kier molecular flexibility index (Phi) is 4.12. The van der Waals surface area contributed by atoms with Gasteiger partial charge in [0, 0.05) is 18.3 Å². The lowest BCUT2D eigenvalue weighted by Crippen LogP contribution is -2.25. The molecule has 0 saturated heterocycles. The van der Waals surface area contributed by atoms with Gasteiger partial charge >= 0.3 is 0 Å². The molecule has 1 aromatic heterocycles. The van der Waals surface area contributed by atoms with E-state index in [0.29, 0.717) is 15.9 Å². The van der Waals surface area contributed by atoms with Crippen LogP contribution in [0.4, 0.5) is 0 Å². The van der Waals surface area contributed by atoms with Gasteiger partial charge in [-0.25, -0.2) is 4.98 Å². The fourth-order valence-electron chi connectivity index (χ4n) is 1.02. The first-order valence-corrected chi connectivity index (χ1v) is 5.55. The summed E-state index contributed by atoms with van der Waals surface area (Å²) in [6.07, 6.45) is 1.58. The molecule has 0 N–H and O–H groups in total. The van der Waals surface area contributed by atoms with Gasteiger partial charge in [0.25, 0.3) is 5.56 Å². The highest BCUT2D eigenvalue weighted by Gasteiger charge is 2.05. The third-order valence-corrected chi connectivity index (χ3v) is 2.91. The number of rotatable bonds is 2. The van der Waals surface area contributed by atoms with Crippen LogP contribution in [0.2, 0.25) is 0 Å². The number of aryl methyl sites for hydroxylation is 1. The smallest absolute Gasteiger partial charge is 0.267 e. The van der Waals surface area contributed by atoms with Crippen LogP contribution in [0, 0.1) is 10.5 Å². The van der Waals surface area contributed by atoms with Gasteiger partial charge in [0.1, 0.15) is 5.82 Å². The second kappa shape index (κ2) is 4.93. The summed E-state index contributed by atoms with van der Waals surface area (Å²) in [6.45, 7) is 4.18. The summed E-state index contributed by atoms with van der Waals surface area (Å²) < 4.78 is 2.23. The van der Waals surface area contributed by atoms with Crippen LogP contribution >= 0.6 is 34.2 Å². The first-order valence-electron chi connectivity index (χ1n) is 4.04.